The molecule has 1 aliphatic heterocycles. The molecule has 1 aromatic carbocycles. The van der Waals surface area contributed by atoms with E-state index in [4.69, 9.17) is 0 Å². The van der Waals surface area contributed by atoms with Gasteiger partial charge in [0, 0.05) is 24.8 Å². The number of fused-ring (bicyclic) bond motifs is 1. The molecule has 2 N–H and O–H groups in total. The zero-order chi connectivity index (χ0) is 22.9. The predicted molar refractivity (Wildman–Crippen MR) is 121 cm³/mol. The highest BCUT2D eigenvalue weighted by Crippen LogP contribution is 2.27. The maximum atomic E-state index is 13.3. The Balaban J connectivity index is 1.53. The van der Waals surface area contributed by atoms with Crippen LogP contribution in [0.4, 0.5) is 5.69 Å². The summed E-state index contributed by atoms with van der Waals surface area (Å²) in [4.78, 5) is 40.6. The molecule has 3 amide bonds. The Bertz CT molecular complexity index is 1040. The van der Waals surface area contributed by atoms with Crippen LogP contribution < -0.4 is 10.6 Å². The summed E-state index contributed by atoms with van der Waals surface area (Å²) >= 11 is 0. The molecule has 4 rings (SSSR count). The number of amides is 3. The first-order valence-corrected chi connectivity index (χ1v) is 11.3. The summed E-state index contributed by atoms with van der Waals surface area (Å²) < 4.78 is 1.49. The number of benzene rings is 1. The summed E-state index contributed by atoms with van der Waals surface area (Å²) in [5, 5.41) is 10.4. The van der Waals surface area contributed by atoms with Gasteiger partial charge in [0.15, 0.2) is 5.69 Å². The molecule has 8 nitrogen and oxygen atoms in total. The molecule has 0 spiro atoms. The Morgan fingerprint density at radius 3 is 2.50 bits per heavy atom. The molecule has 1 aromatic heterocycles. The minimum atomic E-state index is -1.08. The molecule has 8 heteroatoms. The van der Waals surface area contributed by atoms with E-state index in [1.807, 2.05) is 31.2 Å². The number of aryl methyl sites for hydroxylation is 1. The van der Waals surface area contributed by atoms with Gasteiger partial charge in [-0.05, 0) is 38.3 Å². The van der Waals surface area contributed by atoms with Crippen molar-refractivity contribution in [3.05, 3.63) is 47.3 Å². The molecule has 2 aromatic rings. The van der Waals surface area contributed by atoms with E-state index in [2.05, 4.69) is 15.7 Å². The third-order valence-electron chi connectivity index (χ3n) is 6.81. The number of hydrogen-bond donors (Lipinski definition) is 2. The summed E-state index contributed by atoms with van der Waals surface area (Å²) in [5.74, 6) is -0.884. The molecular formula is C24H31N5O3. The van der Waals surface area contributed by atoms with Crippen LogP contribution in [0, 0.1) is 6.92 Å². The predicted octanol–water partition coefficient (Wildman–Crippen LogP) is 3.13. The monoisotopic (exact) mass is 437 g/mol. The van der Waals surface area contributed by atoms with Crippen LogP contribution in [-0.2, 0) is 11.3 Å². The largest absolute Gasteiger partial charge is 0.351 e. The van der Waals surface area contributed by atoms with Gasteiger partial charge in [0.05, 0.1) is 6.54 Å². The Hall–Kier alpha value is -3.16. The van der Waals surface area contributed by atoms with Gasteiger partial charge in [0.2, 0.25) is 5.91 Å². The lowest BCUT2D eigenvalue weighted by molar-refractivity contribution is -0.133. The van der Waals surface area contributed by atoms with Crippen molar-refractivity contribution in [2.75, 3.05) is 12.4 Å². The fourth-order valence-electron chi connectivity index (χ4n) is 4.50. The van der Waals surface area contributed by atoms with Gasteiger partial charge >= 0.3 is 0 Å². The molecule has 1 saturated carbocycles. The quantitative estimate of drug-likeness (QED) is 0.719. The standard InChI is InChI=1S/C24H31N5O3/c1-16-10-8-9-13-18(16)26-21(30)19-14-20-22(31)28(3)24(2,15-29(20)27-19)23(32)25-17-11-6-4-5-7-12-17/h8-10,13-14,17H,4-7,11-12,15H2,1-3H3,(H,25,32)(H,26,30). The van der Waals surface area contributed by atoms with E-state index < -0.39 is 5.54 Å². The number of carbonyl (C=O) groups is 3. The number of likely N-dealkylation sites (N-methyl/N-ethyl adjacent to an activating group) is 1. The van der Waals surface area contributed by atoms with Crippen molar-refractivity contribution < 1.29 is 14.4 Å². The van der Waals surface area contributed by atoms with Gasteiger partial charge < -0.3 is 15.5 Å². The van der Waals surface area contributed by atoms with Crippen LogP contribution in [0.3, 0.4) is 0 Å². The lowest BCUT2D eigenvalue weighted by Gasteiger charge is -2.41. The summed E-state index contributed by atoms with van der Waals surface area (Å²) in [6, 6.07) is 9.10. The van der Waals surface area contributed by atoms with Crippen LogP contribution in [0.5, 0.6) is 0 Å². The van der Waals surface area contributed by atoms with Crippen molar-refractivity contribution in [2.24, 2.45) is 0 Å². The van der Waals surface area contributed by atoms with Crippen molar-refractivity contribution in [3.63, 3.8) is 0 Å². The van der Waals surface area contributed by atoms with Crippen molar-refractivity contribution in [1.29, 1.82) is 0 Å². The maximum absolute atomic E-state index is 13.3. The highest BCUT2D eigenvalue weighted by atomic mass is 16.2. The molecule has 1 aliphatic carbocycles. The number of nitrogens with one attached hydrogen (secondary N) is 2. The highest BCUT2D eigenvalue weighted by Gasteiger charge is 2.46. The average Bonchev–Trinajstić information content (AvgIpc) is 3.02. The van der Waals surface area contributed by atoms with Crippen molar-refractivity contribution in [1.82, 2.24) is 20.0 Å². The fourth-order valence-corrected chi connectivity index (χ4v) is 4.50. The molecular weight excluding hydrogens is 406 g/mol. The average molecular weight is 438 g/mol. The Morgan fingerprint density at radius 1 is 1.12 bits per heavy atom. The van der Waals surface area contributed by atoms with Crippen LogP contribution in [0.2, 0.25) is 0 Å². The minimum absolute atomic E-state index is 0.139. The van der Waals surface area contributed by atoms with E-state index in [0.717, 1.165) is 31.2 Å². The van der Waals surface area contributed by atoms with Gasteiger partial charge in [-0.15, -0.1) is 0 Å². The lowest BCUT2D eigenvalue weighted by atomic mass is 9.95. The highest BCUT2D eigenvalue weighted by molar-refractivity contribution is 6.06. The zero-order valence-corrected chi connectivity index (χ0v) is 19.0. The molecule has 32 heavy (non-hydrogen) atoms. The van der Waals surface area contributed by atoms with Crippen molar-refractivity contribution in [2.45, 2.75) is 70.5 Å². The van der Waals surface area contributed by atoms with Gasteiger partial charge in [-0.25, -0.2) is 0 Å². The second-order valence-corrected chi connectivity index (χ2v) is 9.14. The zero-order valence-electron chi connectivity index (χ0n) is 19.0. The Kier molecular flexibility index (Phi) is 6.04. The third kappa shape index (κ3) is 4.13. The number of anilines is 1. The first-order valence-electron chi connectivity index (χ1n) is 11.3. The van der Waals surface area contributed by atoms with Crippen molar-refractivity contribution >= 4 is 23.4 Å². The molecule has 1 atom stereocenters. The van der Waals surface area contributed by atoms with Crippen LogP contribution in [0.15, 0.2) is 30.3 Å². The molecule has 2 aliphatic rings. The molecule has 0 radical (unpaired) electrons. The molecule has 2 heterocycles. The second kappa shape index (κ2) is 8.76. The smallest absolute Gasteiger partial charge is 0.276 e. The van der Waals surface area contributed by atoms with E-state index in [1.165, 1.54) is 28.5 Å². The van der Waals surface area contributed by atoms with Gasteiger partial charge in [-0.2, -0.15) is 5.10 Å². The normalized spacial score (nSPS) is 21.6. The summed E-state index contributed by atoms with van der Waals surface area (Å²) in [7, 11) is 1.64. The number of carbonyl (C=O) groups excluding carboxylic acids is 3. The molecule has 170 valence electrons. The number of para-hydroxylation sites is 1. The number of hydrogen-bond acceptors (Lipinski definition) is 4. The third-order valence-corrected chi connectivity index (χ3v) is 6.81. The molecule has 0 saturated heterocycles. The Labute approximate surface area is 188 Å². The van der Waals surface area contributed by atoms with E-state index >= 15 is 0 Å². The summed E-state index contributed by atoms with van der Waals surface area (Å²) in [5.41, 5.74) is 1.01. The fraction of sp³-hybridized carbons (Fsp3) is 0.500. The summed E-state index contributed by atoms with van der Waals surface area (Å²) in [6.07, 6.45) is 6.56. The van der Waals surface area contributed by atoms with E-state index in [-0.39, 0.29) is 36.0 Å². The number of nitrogens with zero attached hydrogens (tertiary/aromatic N) is 3. The first-order chi connectivity index (χ1) is 15.3. The topological polar surface area (TPSA) is 96.3 Å². The van der Waals surface area contributed by atoms with E-state index in [9.17, 15) is 14.4 Å². The van der Waals surface area contributed by atoms with Crippen LogP contribution >= 0.6 is 0 Å². The molecule has 1 unspecified atom stereocenters. The van der Waals surface area contributed by atoms with E-state index in [0.29, 0.717) is 11.4 Å². The van der Waals surface area contributed by atoms with Crippen LogP contribution in [0.1, 0.15) is 72.0 Å². The maximum Gasteiger partial charge on any atom is 0.276 e. The number of aromatic nitrogens is 2. The van der Waals surface area contributed by atoms with Gasteiger partial charge in [-0.1, -0.05) is 43.9 Å². The number of rotatable bonds is 4. The van der Waals surface area contributed by atoms with Gasteiger partial charge in [-0.3, -0.25) is 19.1 Å². The van der Waals surface area contributed by atoms with Crippen LogP contribution in [0.25, 0.3) is 0 Å². The lowest BCUT2D eigenvalue weighted by Crippen LogP contribution is -2.63. The first kappa shape index (κ1) is 22.0. The van der Waals surface area contributed by atoms with Crippen molar-refractivity contribution in [3.8, 4) is 0 Å². The van der Waals surface area contributed by atoms with Crippen LogP contribution in [-0.4, -0.2) is 51.0 Å². The van der Waals surface area contributed by atoms with Gasteiger partial charge in [0.25, 0.3) is 11.8 Å². The molecule has 0 bridgehead atoms. The second-order valence-electron chi connectivity index (χ2n) is 9.14. The summed E-state index contributed by atoms with van der Waals surface area (Å²) in [6.45, 7) is 3.86. The Morgan fingerprint density at radius 2 is 1.81 bits per heavy atom. The molecule has 1 fully saturated rings. The SMILES string of the molecule is Cc1ccccc1NC(=O)c1cc2n(n1)CC(C)(C(=O)NC1CCCCCC1)N(C)C2=O. The minimum Gasteiger partial charge on any atom is -0.351 e. The van der Waals surface area contributed by atoms with Gasteiger partial charge in [0.1, 0.15) is 11.2 Å². The van der Waals surface area contributed by atoms with E-state index in [1.54, 1.807) is 14.0 Å².